The number of carbonyl (C=O) groups excluding carboxylic acids is 1. The Morgan fingerprint density at radius 2 is 1.95 bits per heavy atom. The molecule has 0 aromatic heterocycles. The third-order valence-electron chi connectivity index (χ3n) is 2.91. The molecule has 1 atom stereocenters. The first-order chi connectivity index (χ1) is 9.65. The summed E-state index contributed by atoms with van der Waals surface area (Å²) < 4.78 is 12.7. The van der Waals surface area contributed by atoms with Crippen LogP contribution in [0, 0.1) is 5.82 Å². The number of nitrogens with one attached hydrogen (secondary N) is 1. The van der Waals surface area contributed by atoms with E-state index in [1.54, 1.807) is 12.1 Å². The zero-order chi connectivity index (χ0) is 14.8. The zero-order valence-electron chi connectivity index (χ0n) is 12.4. The lowest BCUT2D eigenvalue weighted by Gasteiger charge is -2.02. The van der Waals surface area contributed by atoms with E-state index >= 15 is 0 Å². The molecule has 1 heterocycles. The van der Waals surface area contributed by atoms with Gasteiger partial charge in [0.05, 0.1) is 0 Å². The minimum atomic E-state index is -0.196. The van der Waals surface area contributed by atoms with Crippen LogP contribution in [0.3, 0.4) is 0 Å². The van der Waals surface area contributed by atoms with Crippen LogP contribution in [0.2, 0.25) is 0 Å². The average molecular weight is 277 g/mol. The van der Waals surface area contributed by atoms with Gasteiger partial charge in [0.25, 0.3) is 0 Å². The second kappa shape index (κ2) is 9.29. The Hall–Kier alpha value is -1.64. The van der Waals surface area contributed by atoms with E-state index in [0.717, 1.165) is 24.8 Å². The summed E-state index contributed by atoms with van der Waals surface area (Å²) in [6.45, 7) is 4.25. The normalized spacial score (nSPS) is 17.8. The van der Waals surface area contributed by atoms with Crippen molar-refractivity contribution in [1.82, 2.24) is 5.32 Å². The minimum absolute atomic E-state index is 0.137. The first-order valence-corrected chi connectivity index (χ1v) is 7.36. The number of benzene rings is 1. The molecule has 1 aliphatic heterocycles. The Morgan fingerprint density at radius 3 is 2.50 bits per heavy atom. The molecule has 0 bridgehead atoms. The summed E-state index contributed by atoms with van der Waals surface area (Å²) in [5, 5.41) is 2.88. The highest BCUT2D eigenvalue weighted by molar-refractivity contribution is 5.78. The predicted octanol–water partition coefficient (Wildman–Crippen LogP) is 4.01. The van der Waals surface area contributed by atoms with E-state index in [2.05, 4.69) is 31.3 Å². The number of amides is 1. The first-order valence-electron chi connectivity index (χ1n) is 7.36. The maximum absolute atomic E-state index is 12.7. The standard InChI is InChI=1S/C14H16FNO.C3H8/c15-12-7-5-11(6-8-12)3-1-2-4-13-9-10-14(17)16-13;1-3-2/h2,4-8,13H,1,3,9-10H2,(H,16,17);3H2,1-2H3/b4-2+;. The molecule has 2 rings (SSSR count). The summed E-state index contributed by atoms with van der Waals surface area (Å²) in [6, 6.07) is 6.78. The minimum Gasteiger partial charge on any atom is -0.350 e. The number of rotatable bonds is 4. The van der Waals surface area contributed by atoms with Crippen LogP contribution in [0.5, 0.6) is 0 Å². The van der Waals surface area contributed by atoms with Crippen LogP contribution in [0.25, 0.3) is 0 Å². The fourth-order valence-corrected chi connectivity index (χ4v) is 1.94. The zero-order valence-corrected chi connectivity index (χ0v) is 12.4. The van der Waals surface area contributed by atoms with Gasteiger partial charge in [0.2, 0.25) is 5.91 Å². The van der Waals surface area contributed by atoms with E-state index in [1.165, 1.54) is 18.6 Å². The van der Waals surface area contributed by atoms with Gasteiger partial charge in [-0.25, -0.2) is 4.39 Å². The largest absolute Gasteiger partial charge is 0.350 e. The number of carbonyl (C=O) groups is 1. The Labute approximate surface area is 121 Å². The van der Waals surface area contributed by atoms with Crippen LogP contribution < -0.4 is 5.32 Å². The quantitative estimate of drug-likeness (QED) is 0.828. The second-order valence-corrected chi connectivity index (χ2v) is 5.01. The highest BCUT2D eigenvalue weighted by Crippen LogP contribution is 2.09. The monoisotopic (exact) mass is 277 g/mol. The van der Waals surface area contributed by atoms with Gasteiger partial charge in [0.15, 0.2) is 0 Å². The molecule has 2 nitrogen and oxygen atoms in total. The number of halogens is 1. The maximum Gasteiger partial charge on any atom is 0.220 e. The third-order valence-corrected chi connectivity index (χ3v) is 2.91. The van der Waals surface area contributed by atoms with Gasteiger partial charge in [-0.2, -0.15) is 0 Å². The van der Waals surface area contributed by atoms with E-state index in [1.807, 2.05) is 0 Å². The summed E-state index contributed by atoms with van der Waals surface area (Å²) in [6.07, 6.45) is 8.72. The van der Waals surface area contributed by atoms with Crippen molar-refractivity contribution in [2.75, 3.05) is 0 Å². The molecule has 1 fully saturated rings. The van der Waals surface area contributed by atoms with Crippen molar-refractivity contribution < 1.29 is 9.18 Å². The molecule has 1 saturated heterocycles. The van der Waals surface area contributed by atoms with E-state index < -0.39 is 0 Å². The molecule has 1 aromatic rings. The molecular weight excluding hydrogens is 253 g/mol. The summed E-state index contributed by atoms with van der Waals surface area (Å²) in [4.78, 5) is 11.0. The summed E-state index contributed by atoms with van der Waals surface area (Å²) in [5.41, 5.74) is 1.13. The molecule has 0 aliphatic carbocycles. The van der Waals surface area contributed by atoms with Crippen LogP contribution in [0.4, 0.5) is 4.39 Å². The Kier molecular flexibility index (Phi) is 7.63. The van der Waals surface area contributed by atoms with Gasteiger partial charge in [-0.15, -0.1) is 0 Å². The molecule has 1 unspecified atom stereocenters. The lowest BCUT2D eigenvalue weighted by molar-refractivity contribution is -0.119. The molecular formula is C17H24FNO. The van der Waals surface area contributed by atoms with Crippen LogP contribution in [-0.4, -0.2) is 11.9 Å². The van der Waals surface area contributed by atoms with Crippen molar-refractivity contribution in [2.45, 2.75) is 52.0 Å². The second-order valence-electron chi connectivity index (χ2n) is 5.01. The van der Waals surface area contributed by atoms with Crippen LogP contribution in [0.15, 0.2) is 36.4 Å². The van der Waals surface area contributed by atoms with Gasteiger partial charge in [-0.1, -0.05) is 44.6 Å². The number of hydrogen-bond donors (Lipinski definition) is 1. The summed E-state index contributed by atoms with van der Waals surface area (Å²) in [7, 11) is 0. The molecule has 20 heavy (non-hydrogen) atoms. The topological polar surface area (TPSA) is 29.1 Å². The van der Waals surface area contributed by atoms with Crippen molar-refractivity contribution in [3.8, 4) is 0 Å². The van der Waals surface area contributed by atoms with Gasteiger partial charge in [0, 0.05) is 12.5 Å². The van der Waals surface area contributed by atoms with Crippen LogP contribution in [-0.2, 0) is 11.2 Å². The molecule has 3 heteroatoms. The molecule has 0 saturated carbocycles. The smallest absolute Gasteiger partial charge is 0.220 e. The van der Waals surface area contributed by atoms with E-state index in [4.69, 9.17) is 0 Å². The van der Waals surface area contributed by atoms with Gasteiger partial charge >= 0.3 is 0 Å². The van der Waals surface area contributed by atoms with Crippen molar-refractivity contribution in [3.05, 3.63) is 47.8 Å². The molecule has 0 radical (unpaired) electrons. The molecule has 1 aliphatic rings. The highest BCUT2D eigenvalue weighted by atomic mass is 19.1. The fraction of sp³-hybridized carbons (Fsp3) is 0.471. The van der Waals surface area contributed by atoms with E-state index in [-0.39, 0.29) is 17.8 Å². The highest BCUT2D eigenvalue weighted by Gasteiger charge is 2.17. The van der Waals surface area contributed by atoms with Crippen LogP contribution >= 0.6 is 0 Å². The summed E-state index contributed by atoms with van der Waals surface area (Å²) in [5.74, 6) is -0.0591. The van der Waals surface area contributed by atoms with Crippen molar-refractivity contribution in [2.24, 2.45) is 0 Å². The Bertz CT molecular complexity index is 425. The number of aryl methyl sites for hydroxylation is 1. The van der Waals surface area contributed by atoms with Gasteiger partial charge in [0.1, 0.15) is 5.82 Å². The molecule has 110 valence electrons. The average Bonchev–Trinajstić information content (AvgIpc) is 2.84. The van der Waals surface area contributed by atoms with Crippen LogP contribution in [0.1, 0.15) is 45.1 Å². The first kappa shape index (κ1) is 16.4. The number of hydrogen-bond acceptors (Lipinski definition) is 1. The Balaban J connectivity index is 0.000000612. The summed E-state index contributed by atoms with van der Waals surface area (Å²) >= 11 is 0. The van der Waals surface area contributed by atoms with Crippen molar-refractivity contribution in [3.63, 3.8) is 0 Å². The van der Waals surface area contributed by atoms with Gasteiger partial charge in [-0.05, 0) is 37.0 Å². The lowest BCUT2D eigenvalue weighted by atomic mass is 10.1. The van der Waals surface area contributed by atoms with E-state index in [0.29, 0.717) is 6.42 Å². The molecule has 0 spiro atoms. The molecule has 1 N–H and O–H groups in total. The molecule has 1 aromatic carbocycles. The SMILES string of the molecule is CCC.O=C1CCC(/C=C/CCc2ccc(F)cc2)N1. The fourth-order valence-electron chi connectivity index (χ4n) is 1.94. The van der Waals surface area contributed by atoms with Gasteiger partial charge < -0.3 is 5.32 Å². The van der Waals surface area contributed by atoms with Crippen molar-refractivity contribution in [1.29, 1.82) is 0 Å². The number of allylic oxidation sites excluding steroid dienone is 1. The molecule has 1 amide bonds. The maximum atomic E-state index is 12.7. The Morgan fingerprint density at radius 1 is 1.30 bits per heavy atom. The van der Waals surface area contributed by atoms with Crippen molar-refractivity contribution >= 4 is 5.91 Å². The third kappa shape index (κ3) is 6.50. The van der Waals surface area contributed by atoms with E-state index in [9.17, 15) is 9.18 Å². The predicted molar refractivity (Wildman–Crippen MR) is 81.0 cm³/mol. The lowest BCUT2D eigenvalue weighted by Crippen LogP contribution is -2.22. The van der Waals surface area contributed by atoms with Gasteiger partial charge in [-0.3, -0.25) is 4.79 Å².